The molecule has 4 nitrogen and oxygen atoms in total. The first-order chi connectivity index (χ1) is 7.91. The lowest BCUT2D eigenvalue weighted by Crippen LogP contribution is -2.57. The predicted octanol–water partition coefficient (Wildman–Crippen LogP) is 1.14. The minimum Gasteiger partial charge on any atom is -0.325 e. The third-order valence-corrected chi connectivity index (χ3v) is 4.91. The Morgan fingerprint density at radius 2 is 1.76 bits per heavy atom. The van der Waals surface area contributed by atoms with Crippen molar-refractivity contribution in [2.24, 2.45) is 5.73 Å². The molecule has 0 aliphatic carbocycles. The molecule has 0 unspecified atom stereocenters. The molecular weight excluding hydrogens is 236 g/mol. The maximum Gasteiger partial charge on any atom is 0.243 e. The van der Waals surface area contributed by atoms with E-state index in [1.807, 2.05) is 12.1 Å². The number of rotatable bonds is 3. The highest BCUT2D eigenvalue weighted by Gasteiger charge is 2.34. The van der Waals surface area contributed by atoms with Crippen molar-refractivity contribution in [3.63, 3.8) is 0 Å². The van der Waals surface area contributed by atoms with Crippen molar-refractivity contribution >= 4 is 10.0 Å². The van der Waals surface area contributed by atoms with Crippen LogP contribution in [0.2, 0.25) is 0 Å². The fourth-order valence-corrected chi connectivity index (χ4v) is 3.39. The summed E-state index contributed by atoms with van der Waals surface area (Å²) in [5, 5.41) is 0. The summed E-state index contributed by atoms with van der Waals surface area (Å²) >= 11 is 0. The Balaban J connectivity index is 2.22. The molecule has 0 aromatic heterocycles. The van der Waals surface area contributed by atoms with Crippen LogP contribution in [-0.4, -0.2) is 31.9 Å². The molecule has 0 atom stereocenters. The minimum absolute atomic E-state index is 0.0142. The van der Waals surface area contributed by atoms with E-state index >= 15 is 0 Å². The Labute approximate surface area is 102 Å². The molecular formula is C12H18N2O2S. The Morgan fingerprint density at radius 1 is 1.24 bits per heavy atom. The van der Waals surface area contributed by atoms with Gasteiger partial charge in [-0.05, 0) is 23.6 Å². The van der Waals surface area contributed by atoms with Crippen LogP contribution in [0.1, 0.15) is 25.3 Å². The predicted molar refractivity (Wildman–Crippen MR) is 67.3 cm³/mol. The summed E-state index contributed by atoms with van der Waals surface area (Å²) in [6, 6.07) is 7.08. The molecule has 0 radical (unpaired) electrons. The molecule has 94 valence electrons. The van der Waals surface area contributed by atoms with Gasteiger partial charge in [0.1, 0.15) is 0 Å². The molecule has 1 aromatic rings. The fourth-order valence-electron chi connectivity index (χ4n) is 1.84. The van der Waals surface area contributed by atoms with Gasteiger partial charge in [0, 0.05) is 19.1 Å². The molecule has 1 heterocycles. The Bertz CT molecular complexity index is 488. The highest BCUT2D eigenvalue weighted by molar-refractivity contribution is 7.89. The van der Waals surface area contributed by atoms with Crippen LogP contribution in [0.25, 0.3) is 0 Å². The Morgan fingerprint density at radius 3 is 2.18 bits per heavy atom. The van der Waals surface area contributed by atoms with Gasteiger partial charge in [0.2, 0.25) is 10.0 Å². The number of hydrogen-bond acceptors (Lipinski definition) is 3. The van der Waals surface area contributed by atoms with Crippen LogP contribution in [0, 0.1) is 0 Å². The van der Waals surface area contributed by atoms with E-state index < -0.39 is 10.0 Å². The van der Waals surface area contributed by atoms with E-state index in [2.05, 4.69) is 13.8 Å². The largest absolute Gasteiger partial charge is 0.325 e. The SMILES string of the molecule is CC(C)c1ccc(S(=O)(=O)N2CC(N)C2)cc1. The van der Waals surface area contributed by atoms with Crippen LogP contribution in [-0.2, 0) is 10.0 Å². The molecule has 2 N–H and O–H groups in total. The zero-order chi connectivity index (χ0) is 12.6. The summed E-state index contributed by atoms with van der Waals surface area (Å²) in [4.78, 5) is 0.355. The molecule has 1 saturated heterocycles. The molecule has 17 heavy (non-hydrogen) atoms. The lowest BCUT2D eigenvalue weighted by atomic mass is 10.0. The van der Waals surface area contributed by atoms with Gasteiger partial charge < -0.3 is 5.73 Å². The number of nitrogens with zero attached hydrogens (tertiary/aromatic N) is 1. The molecule has 0 bridgehead atoms. The molecule has 2 rings (SSSR count). The quantitative estimate of drug-likeness (QED) is 0.880. The second-order valence-corrected chi connectivity index (χ2v) is 6.74. The Kier molecular flexibility index (Phi) is 3.25. The molecule has 1 aromatic carbocycles. The summed E-state index contributed by atoms with van der Waals surface area (Å²) in [6.07, 6.45) is 0. The van der Waals surface area contributed by atoms with Crippen molar-refractivity contribution in [1.29, 1.82) is 0 Å². The number of hydrogen-bond donors (Lipinski definition) is 1. The summed E-state index contributed by atoms with van der Waals surface area (Å²) in [5.74, 6) is 0.407. The Hall–Kier alpha value is -0.910. The van der Waals surface area contributed by atoms with Crippen molar-refractivity contribution in [3.05, 3.63) is 29.8 Å². The number of benzene rings is 1. The van der Waals surface area contributed by atoms with Crippen molar-refractivity contribution < 1.29 is 8.42 Å². The van der Waals surface area contributed by atoms with E-state index in [1.54, 1.807) is 12.1 Å². The van der Waals surface area contributed by atoms with Crippen molar-refractivity contribution in [2.75, 3.05) is 13.1 Å². The van der Waals surface area contributed by atoms with Crippen LogP contribution in [0.4, 0.5) is 0 Å². The average molecular weight is 254 g/mol. The van der Waals surface area contributed by atoms with Crippen molar-refractivity contribution in [2.45, 2.75) is 30.7 Å². The summed E-state index contributed by atoms with van der Waals surface area (Å²) in [5.41, 5.74) is 6.74. The van der Waals surface area contributed by atoms with Gasteiger partial charge in [-0.3, -0.25) is 0 Å². The van der Waals surface area contributed by atoms with Gasteiger partial charge in [-0.15, -0.1) is 0 Å². The van der Waals surface area contributed by atoms with Gasteiger partial charge in [-0.1, -0.05) is 26.0 Å². The van der Waals surface area contributed by atoms with E-state index in [-0.39, 0.29) is 6.04 Å². The van der Waals surface area contributed by atoms with E-state index in [4.69, 9.17) is 5.73 Å². The maximum atomic E-state index is 12.1. The summed E-state index contributed by atoms with van der Waals surface area (Å²) < 4.78 is 25.6. The van der Waals surface area contributed by atoms with Gasteiger partial charge in [0.15, 0.2) is 0 Å². The summed E-state index contributed by atoms with van der Waals surface area (Å²) in [6.45, 7) is 5.01. The monoisotopic (exact) mass is 254 g/mol. The maximum absolute atomic E-state index is 12.1. The molecule has 1 aliphatic heterocycles. The first-order valence-corrected chi connectivity index (χ1v) is 7.21. The highest BCUT2D eigenvalue weighted by Crippen LogP contribution is 2.22. The van der Waals surface area contributed by atoms with Gasteiger partial charge in [0.25, 0.3) is 0 Å². The lowest BCUT2D eigenvalue weighted by Gasteiger charge is -2.35. The molecule has 0 spiro atoms. The highest BCUT2D eigenvalue weighted by atomic mass is 32.2. The standard InChI is InChI=1S/C12H18N2O2S/c1-9(2)10-3-5-12(6-4-10)17(15,16)14-7-11(13)8-14/h3-6,9,11H,7-8,13H2,1-2H3. The third-order valence-electron chi connectivity index (χ3n) is 3.06. The lowest BCUT2D eigenvalue weighted by molar-refractivity contribution is 0.265. The normalized spacial score (nSPS) is 18.4. The van der Waals surface area contributed by atoms with Crippen LogP contribution in [0.3, 0.4) is 0 Å². The zero-order valence-electron chi connectivity index (χ0n) is 10.1. The second-order valence-electron chi connectivity index (χ2n) is 4.81. The van der Waals surface area contributed by atoms with Crippen LogP contribution in [0.15, 0.2) is 29.2 Å². The van der Waals surface area contributed by atoms with Crippen molar-refractivity contribution in [3.8, 4) is 0 Å². The number of sulfonamides is 1. The molecule has 1 fully saturated rings. The van der Waals surface area contributed by atoms with Crippen LogP contribution in [0.5, 0.6) is 0 Å². The van der Waals surface area contributed by atoms with E-state index in [1.165, 1.54) is 4.31 Å². The van der Waals surface area contributed by atoms with E-state index in [0.717, 1.165) is 5.56 Å². The van der Waals surface area contributed by atoms with Gasteiger partial charge in [-0.25, -0.2) is 8.42 Å². The van der Waals surface area contributed by atoms with E-state index in [9.17, 15) is 8.42 Å². The smallest absolute Gasteiger partial charge is 0.243 e. The fraction of sp³-hybridized carbons (Fsp3) is 0.500. The van der Waals surface area contributed by atoms with Crippen molar-refractivity contribution in [1.82, 2.24) is 4.31 Å². The van der Waals surface area contributed by atoms with Crippen LogP contribution >= 0.6 is 0 Å². The molecule has 5 heteroatoms. The zero-order valence-corrected chi connectivity index (χ0v) is 10.9. The average Bonchev–Trinajstić information content (AvgIpc) is 2.25. The summed E-state index contributed by atoms with van der Waals surface area (Å²) in [7, 11) is -3.32. The molecule has 0 amide bonds. The van der Waals surface area contributed by atoms with E-state index in [0.29, 0.717) is 23.9 Å². The third kappa shape index (κ3) is 2.36. The topological polar surface area (TPSA) is 63.4 Å². The number of nitrogens with two attached hydrogens (primary N) is 1. The van der Waals surface area contributed by atoms with Gasteiger partial charge in [0.05, 0.1) is 4.90 Å². The minimum atomic E-state index is -3.32. The van der Waals surface area contributed by atoms with Gasteiger partial charge in [-0.2, -0.15) is 4.31 Å². The first-order valence-electron chi connectivity index (χ1n) is 5.77. The molecule has 0 saturated carbocycles. The molecule has 1 aliphatic rings. The first kappa shape index (κ1) is 12.5. The second kappa shape index (κ2) is 4.40. The van der Waals surface area contributed by atoms with Gasteiger partial charge >= 0.3 is 0 Å². The van der Waals surface area contributed by atoms with Crippen LogP contribution < -0.4 is 5.73 Å².